The van der Waals surface area contributed by atoms with Crippen LogP contribution in [0.1, 0.15) is 25.8 Å². The average molecular weight is 327 g/mol. The van der Waals surface area contributed by atoms with Crippen molar-refractivity contribution < 1.29 is 23.9 Å². The molecule has 0 heterocycles. The largest absolute Gasteiger partial charge is 0.464 e. The number of carbonyl (C=O) groups excluding carboxylic acids is 1. The molecule has 0 aromatic heterocycles. The Hall–Kier alpha value is -1.29. The summed E-state index contributed by atoms with van der Waals surface area (Å²) in [5.41, 5.74) is -0.202. The van der Waals surface area contributed by atoms with Gasteiger partial charge >= 0.3 is 13.8 Å². The zero-order valence-corrected chi connectivity index (χ0v) is 14.1. The average Bonchev–Trinajstić information content (AvgIpc) is 2.54. The molecule has 0 aliphatic rings. The highest BCUT2D eigenvalue weighted by atomic mass is 31.1. The maximum absolute atomic E-state index is 12.4. The molecule has 0 aliphatic heterocycles. The van der Waals surface area contributed by atoms with E-state index in [2.05, 4.69) is 0 Å². The summed E-state index contributed by atoms with van der Waals surface area (Å²) in [5.74, 6) is -0.510. The zero-order chi connectivity index (χ0) is 16.4. The van der Waals surface area contributed by atoms with E-state index in [1.54, 1.807) is 13.8 Å². The quantitative estimate of drug-likeness (QED) is 0.528. The second-order valence-corrected chi connectivity index (χ2v) is 6.48. The van der Waals surface area contributed by atoms with Crippen molar-refractivity contribution in [2.45, 2.75) is 32.3 Å². The fourth-order valence-corrected chi connectivity index (χ4v) is 3.34. The summed E-state index contributed by atoms with van der Waals surface area (Å²) in [7, 11) is -1.92. The minimum absolute atomic E-state index is 0.0294. The molecule has 0 fully saturated rings. The van der Waals surface area contributed by atoms with Crippen molar-refractivity contribution >= 4 is 13.8 Å². The monoisotopic (exact) mass is 327 g/mol. The van der Waals surface area contributed by atoms with Crippen molar-refractivity contribution in [3.63, 3.8) is 0 Å². The van der Waals surface area contributed by atoms with Crippen LogP contribution in [-0.2, 0) is 25.3 Å². The Kier molecular flexibility index (Phi) is 8.25. The molecule has 0 aliphatic carbocycles. The third-order valence-electron chi connectivity index (χ3n) is 3.32. The lowest BCUT2D eigenvalue weighted by Crippen LogP contribution is -2.46. The first-order valence-electron chi connectivity index (χ1n) is 7.46. The SMILES string of the molecule is CCOC(=O)C(CCc1ccccc1)(C[P+](=O)CO)OCC. The van der Waals surface area contributed by atoms with Crippen molar-refractivity contribution in [1.29, 1.82) is 0 Å². The molecule has 122 valence electrons. The molecule has 6 heteroatoms. The van der Waals surface area contributed by atoms with Gasteiger partial charge in [0.15, 0.2) is 6.16 Å². The van der Waals surface area contributed by atoms with Gasteiger partial charge in [-0.05, 0) is 32.3 Å². The third kappa shape index (κ3) is 5.48. The fourth-order valence-electron chi connectivity index (χ4n) is 2.29. The van der Waals surface area contributed by atoms with Crippen LogP contribution < -0.4 is 0 Å². The van der Waals surface area contributed by atoms with Crippen LogP contribution in [0.25, 0.3) is 0 Å². The highest BCUT2D eigenvalue weighted by Crippen LogP contribution is 2.32. The number of hydrogen-bond donors (Lipinski definition) is 1. The predicted molar refractivity (Wildman–Crippen MR) is 85.3 cm³/mol. The van der Waals surface area contributed by atoms with Crippen LogP contribution in [0.15, 0.2) is 30.3 Å². The lowest BCUT2D eigenvalue weighted by atomic mass is 9.96. The summed E-state index contributed by atoms with van der Waals surface area (Å²) in [6.07, 6.45) is 0.478. The van der Waals surface area contributed by atoms with Crippen LogP contribution in [0.5, 0.6) is 0 Å². The normalized spacial score (nSPS) is 14.2. The van der Waals surface area contributed by atoms with Crippen LogP contribution in [-0.4, -0.2) is 42.4 Å². The van der Waals surface area contributed by atoms with Crippen LogP contribution >= 0.6 is 7.80 Å². The molecule has 0 amide bonds. The number of benzene rings is 1. The molecule has 0 saturated carbocycles. The molecule has 1 aromatic rings. The van der Waals surface area contributed by atoms with Gasteiger partial charge in [0.05, 0.1) is 6.61 Å². The van der Waals surface area contributed by atoms with E-state index in [1.165, 1.54) is 0 Å². The van der Waals surface area contributed by atoms with Gasteiger partial charge in [-0.1, -0.05) is 34.9 Å². The van der Waals surface area contributed by atoms with Gasteiger partial charge in [-0.3, -0.25) is 0 Å². The van der Waals surface area contributed by atoms with Crippen molar-refractivity contribution in [1.82, 2.24) is 0 Å². The standard InChI is InChI=1S/C16H24O5P/c1-3-20-15(18)16(21-4-2,12-22(19)13-17)11-10-14-8-6-5-7-9-14/h5-9,17H,3-4,10-13H2,1-2H3/q+1. The van der Waals surface area contributed by atoms with Gasteiger partial charge in [-0.2, -0.15) is 0 Å². The summed E-state index contributed by atoms with van der Waals surface area (Å²) in [6, 6.07) is 9.71. The highest BCUT2D eigenvalue weighted by Gasteiger charge is 2.47. The van der Waals surface area contributed by atoms with E-state index in [1.807, 2.05) is 30.3 Å². The van der Waals surface area contributed by atoms with Crippen molar-refractivity contribution in [2.24, 2.45) is 0 Å². The number of carbonyl (C=O) groups is 1. The summed E-state index contributed by atoms with van der Waals surface area (Å²) >= 11 is 0. The molecule has 22 heavy (non-hydrogen) atoms. The van der Waals surface area contributed by atoms with Crippen molar-refractivity contribution in [3.05, 3.63) is 35.9 Å². The molecule has 5 nitrogen and oxygen atoms in total. The van der Waals surface area contributed by atoms with Gasteiger partial charge in [0, 0.05) is 6.61 Å². The molecule has 0 bridgehead atoms. The van der Waals surface area contributed by atoms with Crippen LogP contribution in [0.2, 0.25) is 0 Å². The van der Waals surface area contributed by atoms with E-state index in [0.717, 1.165) is 5.56 Å². The Balaban J connectivity index is 2.94. The molecule has 0 radical (unpaired) electrons. The lowest BCUT2D eigenvalue weighted by Gasteiger charge is -2.27. The van der Waals surface area contributed by atoms with Gasteiger partial charge < -0.3 is 14.6 Å². The van der Waals surface area contributed by atoms with E-state index in [0.29, 0.717) is 19.4 Å². The van der Waals surface area contributed by atoms with Crippen molar-refractivity contribution in [3.8, 4) is 0 Å². The zero-order valence-electron chi connectivity index (χ0n) is 13.2. The number of hydrogen-bond acceptors (Lipinski definition) is 5. The minimum Gasteiger partial charge on any atom is -0.464 e. The first kappa shape index (κ1) is 18.8. The number of ether oxygens (including phenoxy) is 2. The molecule has 2 atom stereocenters. The van der Waals surface area contributed by atoms with E-state index >= 15 is 0 Å². The maximum Gasteiger partial charge on any atom is 0.370 e. The third-order valence-corrected chi connectivity index (χ3v) is 4.50. The number of aliphatic hydroxyl groups is 1. The molecule has 1 aromatic carbocycles. The molecular formula is C16H24O5P+. The number of esters is 1. The van der Waals surface area contributed by atoms with Gasteiger partial charge in [-0.25, -0.2) is 4.79 Å². The smallest absolute Gasteiger partial charge is 0.370 e. The highest BCUT2D eigenvalue weighted by molar-refractivity contribution is 7.44. The van der Waals surface area contributed by atoms with Gasteiger partial charge in [0.2, 0.25) is 11.9 Å². The number of aryl methyl sites for hydroxylation is 1. The summed E-state index contributed by atoms with van der Waals surface area (Å²) in [6.45, 7) is 4.04. The van der Waals surface area contributed by atoms with Gasteiger partial charge in [0.1, 0.15) is 0 Å². The Labute approximate surface area is 132 Å². The Bertz CT molecular complexity index is 477. The molecule has 0 saturated heterocycles. The molecule has 1 rings (SSSR count). The first-order chi connectivity index (χ1) is 10.6. The number of aliphatic hydroxyl groups excluding tert-OH is 1. The van der Waals surface area contributed by atoms with Crippen molar-refractivity contribution in [2.75, 3.05) is 25.7 Å². The Morgan fingerprint density at radius 2 is 1.91 bits per heavy atom. The summed E-state index contributed by atoms with van der Waals surface area (Å²) < 4.78 is 22.6. The lowest BCUT2D eigenvalue weighted by molar-refractivity contribution is -0.169. The molecule has 2 unspecified atom stereocenters. The minimum atomic E-state index is -1.92. The summed E-state index contributed by atoms with van der Waals surface area (Å²) in [5, 5.41) is 9.07. The summed E-state index contributed by atoms with van der Waals surface area (Å²) in [4.78, 5) is 12.4. The maximum atomic E-state index is 12.4. The molecule has 1 N–H and O–H groups in total. The second kappa shape index (κ2) is 9.67. The van der Waals surface area contributed by atoms with Crippen LogP contribution in [0, 0.1) is 0 Å². The van der Waals surface area contributed by atoms with Gasteiger partial charge in [-0.15, -0.1) is 0 Å². The first-order valence-corrected chi connectivity index (χ1v) is 9.09. The van der Waals surface area contributed by atoms with E-state index in [-0.39, 0.29) is 12.8 Å². The Morgan fingerprint density at radius 1 is 1.23 bits per heavy atom. The van der Waals surface area contributed by atoms with E-state index < -0.39 is 25.7 Å². The van der Waals surface area contributed by atoms with Crippen LogP contribution in [0.4, 0.5) is 0 Å². The molecular weight excluding hydrogens is 303 g/mol. The van der Waals surface area contributed by atoms with E-state index in [9.17, 15) is 9.36 Å². The number of rotatable bonds is 10. The molecule has 0 spiro atoms. The predicted octanol–water partition coefficient (Wildman–Crippen LogP) is 2.73. The van der Waals surface area contributed by atoms with E-state index in [4.69, 9.17) is 14.6 Å². The fraction of sp³-hybridized carbons (Fsp3) is 0.562. The van der Waals surface area contributed by atoms with Gasteiger partial charge in [0.25, 0.3) is 0 Å². The second-order valence-electron chi connectivity index (χ2n) is 4.91. The topological polar surface area (TPSA) is 72.8 Å². The van der Waals surface area contributed by atoms with Crippen LogP contribution in [0.3, 0.4) is 0 Å². The Morgan fingerprint density at radius 3 is 2.45 bits per heavy atom.